The van der Waals surface area contributed by atoms with E-state index in [1.165, 1.54) is 0 Å². The fourth-order valence-electron chi connectivity index (χ4n) is 3.53. The fourth-order valence-corrected chi connectivity index (χ4v) is 3.53. The van der Waals surface area contributed by atoms with Crippen LogP contribution in [0.25, 0.3) is 0 Å². The van der Waals surface area contributed by atoms with Crippen LogP contribution in [0.3, 0.4) is 0 Å². The molecular formula is C14H23ClN4O3. The van der Waals surface area contributed by atoms with Crippen molar-refractivity contribution >= 4 is 30.3 Å². The molecule has 3 rings (SSSR count). The number of hydrogen-bond acceptors (Lipinski definition) is 4. The summed E-state index contributed by atoms with van der Waals surface area (Å²) in [6.07, 6.45) is 5.21. The molecule has 124 valence electrons. The Morgan fingerprint density at radius 3 is 2.64 bits per heavy atom. The van der Waals surface area contributed by atoms with Crippen LogP contribution in [0, 0.1) is 0 Å². The Morgan fingerprint density at radius 1 is 1.27 bits per heavy atom. The summed E-state index contributed by atoms with van der Waals surface area (Å²) >= 11 is 0. The van der Waals surface area contributed by atoms with Crippen molar-refractivity contribution in [3.05, 3.63) is 0 Å². The van der Waals surface area contributed by atoms with Crippen LogP contribution in [0.15, 0.2) is 0 Å². The van der Waals surface area contributed by atoms with Gasteiger partial charge in [0.15, 0.2) is 0 Å². The lowest BCUT2D eigenvalue weighted by Crippen LogP contribution is -2.50. The van der Waals surface area contributed by atoms with E-state index < -0.39 is 11.6 Å². The normalized spacial score (nSPS) is 26.7. The standard InChI is InChI=1S/C14H22N4O3.ClH/c19-11(16-10-4-3-7-15-8-10)9-18-12(20)14(17-13(18)21)5-1-2-6-14;/h10,15H,1-9H2,(H,16,19)(H,17,21);1H/t10-;/m0./s1. The minimum atomic E-state index is -0.732. The van der Waals surface area contributed by atoms with Gasteiger partial charge in [-0.15, -0.1) is 12.4 Å². The average Bonchev–Trinajstić information content (AvgIpc) is 3.02. The maximum atomic E-state index is 12.4. The van der Waals surface area contributed by atoms with Crippen LogP contribution >= 0.6 is 12.4 Å². The zero-order chi connectivity index (χ0) is 14.9. The Morgan fingerprint density at radius 2 is 2.00 bits per heavy atom. The molecule has 2 heterocycles. The molecule has 1 saturated carbocycles. The Balaban J connectivity index is 0.00000176. The van der Waals surface area contributed by atoms with Crippen molar-refractivity contribution < 1.29 is 14.4 Å². The van der Waals surface area contributed by atoms with Crippen molar-refractivity contribution in [2.75, 3.05) is 19.6 Å². The maximum absolute atomic E-state index is 12.4. The van der Waals surface area contributed by atoms with E-state index in [1.807, 2.05) is 0 Å². The summed E-state index contributed by atoms with van der Waals surface area (Å²) in [5.74, 6) is -0.496. The molecule has 1 atom stereocenters. The zero-order valence-corrected chi connectivity index (χ0v) is 13.3. The lowest BCUT2D eigenvalue weighted by atomic mass is 9.98. The van der Waals surface area contributed by atoms with Crippen LogP contribution in [0.5, 0.6) is 0 Å². The SMILES string of the molecule is Cl.O=C(CN1C(=O)NC2(CCCC2)C1=O)N[C@H]1CCCNC1. The summed E-state index contributed by atoms with van der Waals surface area (Å²) in [6.45, 7) is 1.54. The number of rotatable bonds is 3. The smallest absolute Gasteiger partial charge is 0.325 e. The van der Waals surface area contributed by atoms with Gasteiger partial charge < -0.3 is 16.0 Å². The van der Waals surface area contributed by atoms with Gasteiger partial charge in [0.25, 0.3) is 5.91 Å². The van der Waals surface area contributed by atoms with Gasteiger partial charge in [0.2, 0.25) is 5.91 Å². The minimum absolute atomic E-state index is 0. The first-order valence-electron chi connectivity index (χ1n) is 7.75. The second kappa shape index (κ2) is 6.83. The quantitative estimate of drug-likeness (QED) is 0.642. The van der Waals surface area contributed by atoms with Crippen molar-refractivity contribution in [3.63, 3.8) is 0 Å². The lowest BCUT2D eigenvalue weighted by molar-refractivity contribution is -0.135. The molecule has 0 aromatic carbocycles. The van der Waals surface area contributed by atoms with E-state index in [9.17, 15) is 14.4 Å². The number of carbonyl (C=O) groups excluding carboxylic acids is 3. The summed E-state index contributed by atoms with van der Waals surface area (Å²) in [5.41, 5.74) is -0.732. The van der Waals surface area contributed by atoms with E-state index in [2.05, 4.69) is 16.0 Å². The predicted octanol–water partition coefficient (Wildman–Crippen LogP) is 0.141. The Bertz CT molecular complexity index is 459. The van der Waals surface area contributed by atoms with Gasteiger partial charge >= 0.3 is 6.03 Å². The molecule has 0 radical (unpaired) electrons. The summed E-state index contributed by atoms with van der Waals surface area (Å²) in [6, 6.07) is -0.341. The molecule has 3 aliphatic rings. The summed E-state index contributed by atoms with van der Waals surface area (Å²) in [4.78, 5) is 37.5. The third-order valence-electron chi connectivity index (χ3n) is 4.67. The van der Waals surface area contributed by atoms with Gasteiger partial charge in [-0.3, -0.25) is 14.5 Å². The molecule has 2 aliphatic heterocycles. The third-order valence-corrected chi connectivity index (χ3v) is 4.67. The number of hydrogen-bond donors (Lipinski definition) is 3. The first-order valence-corrected chi connectivity index (χ1v) is 7.75. The molecule has 7 nitrogen and oxygen atoms in total. The highest BCUT2D eigenvalue weighted by Crippen LogP contribution is 2.34. The molecule has 0 bridgehead atoms. The van der Waals surface area contributed by atoms with Crippen LogP contribution in [-0.4, -0.2) is 54.0 Å². The molecule has 0 aromatic heterocycles. The number of nitrogens with zero attached hydrogens (tertiary/aromatic N) is 1. The molecule has 8 heteroatoms. The highest BCUT2D eigenvalue weighted by Gasteiger charge is 2.52. The van der Waals surface area contributed by atoms with Gasteiger partial charge in [0, 0.05) is 12.6 Å². The molecule has 2 saturated heterocycles. The Labute approximate surface area is 136 Å². The van der Waals surface area contributed by atoms with E-state index in [0.717, 1.165) is 43.7 Å². The number of carbonyl (C=O) groups is 3. The van der Waals surface area contributed by atoms with Gasteiger partial charge in [-0.1, -0.05) is 12.8 Å². The third kappa shape index (κ3) is 3.20. The molecule has 1 spiro atoms. The largest absolute Gasteiger partial charge is 0.351 e. The predicted molar refractivity (Wildman–Crippen MR) is 82.7 cm³/mol. The molecule has 1 aliphatic carbocycles. The van der Waals surface area contributed by atoms with Crippen LogP contribution in [0.2, 0.25) is 0 Å². The monoisotopic (exact) mass is 330 g/mol. The van der Waals surface area contributed by atoms with Gasteiger partial charge in [0.1, 0.15) is 12.1 Å². The van der Waals surface area contributed by atoms with Crippen LogP contribution in [-0.2, 0) is 9.59 Å². The second-order valence-electron chi connectivity index (χ2n) is 6.22. The van der Waals surface area contributed by atoms with Crippen molar-refractivity contribution in [2.24, 2.45) is 0 Å². The van der Waals surface area contributed by atoms with Gasteiger partial charge in [-0.2, -0.15) is 0 Å². The number of amides is 4. The van der Waals surface area contributed by atoms with Crippen molar-refractivity contribution in [1.82, 2.24) is 20.9 Å². The number of imide groups is 1. The van der Waals surface area contributed by atoms with Gasteiger partial charge in [-0.05, 0) is 32.2 Å². The number of piperidine rings is 1. The molecule has 3 fully saturated rings. The van der Waals surface area contributed by atoms with Crippen molar-refractivity contribution in [3.8, 4) is 0 Å². The van der Waals surface area contributed by atoms with E-state index in [-0.39, 0.29) is 36.8 Å². The van der Waals surface area contributed by atoms with Gasteiger partial charge in [-0.25, -0.2) is 4.79 Å². The lowest BCUT2D eigenvalue weighted by Gasteiger charge is -2.25. The highest BCUT2D eigenvalue weighted by molar-refractivity contribution is 6.09. The summed E-state index contributed by atoms with van der Waals surface area (Å²) in [7, 11) is 0. The second-order valence-corrected chi connectivity index (χ2v) is 6.22. The van der Waals surface area contributed by atoms with Crippen LogP contribution in [0.1, 0.15) is 38.5 Å². The fraction of sp³-hybridized carbons (Fsp3) is 0.786. The molecule has 4 amide bonds. The minimum Gasteiger partial charge on any atom is -0.351 e. The van der Waals surface area contributed by atoms with Gasteiger partial charge in [0.05, 0.1) is 0 Å². The topological polar surface area (TPSA) is 90.5 Å². The zero-order valence-electron chi connectivity index (χ0n) is 12.5. The first kappa shape index (κ1) is 17.0. The summed E-state index contributed by atoms with van der Waals surface area (Å²) in [5, 5.41) is 8.89. The number of halogens is 1. The number of nitrogens with one attached hydrogen (secondary N) is 3. The molecule has 0 aromatic rings. The highest BCUT2D eigenvalue weighted by atomic mass is 35.5. The van der Waals surface area contributed by atoms with Crippen LogP contribution in [0.4, 0.5) is 4.79 Å². The van der Waals surface area contributed by atoms with E-state index >= 15 is 0 Å². The maximum Gasteiger partial charge on any atom is 0.325 e. The Hall–Kier alpha value is -1.34. The van der Waals surface area contributed by atoms with E-state index in [1.54, 1.807) is 0 Å². The number of urea groups is 1. The molecular weight excluding hydrogens is 308 g/mol. The van der Waals surface area contributed by atoms with Crippen molar-refractivity contribution in [1.29, 1.82) is 0 Å². The molecule has 3 N–H and O–H groups in total. The summed E-state index contributed by atoms with van der Waals surface area (Å²) < 4.78 is 0. The van der Waals surface area contributed by atoms with Crippen LogP contribution < -0.4 is 16.0 Å². The van der Waals surface area contributed by atoms with E-state index in [4.69, 9.17) is 0 Å². The van der Waals surface area contributed by atoms with E-state index in [0.29, 0.717) is 12.8 Å². The first-order chi connectivity index (χ1) is 10.1. The molecule has 22 heavy (non-hydrogen) atoms. The Kier molecular flexibility index (Phi) is 5.28. The average molecular weight is 331 g/mol. The van der Waals surface area contributed by atoms with Crippen molar-refractivity contribution in [2.45, 2.75) is 50.1 Å². The molecule has 0 unspecified atom stereocenters.